The van der Waals surface area contributed by atoms with Gasteiger partial charge in [0, 0.05) is 36.5 Å². The van der Waals surface area contributed by atoms with Crippen molar-refractivity contribution in [3.8, 4) is 0 Å². The SMILES string of the molecule is CN(C)C(=S)S.[Ag]. The molecule has 0 N–H and O–H groups in total. The summed E-state index contributed by atoms with van der Waals surface area (Å²) in [6.07, 6.45) is 0. The molecule has 0 aromatic heterocycles. The second-order valence-electron chi connectivity index (χ2n) is 1.18. The van der Waals surface area contributed by atoms with Crippen LogP contribution in [0.5, 0.6) is 0 Å². The first-order chi connectivity index (χ1) is 2.64. The summed E-state index contributed by atoms with van der Waals surface area (Å²) in [4.78, 5) is 1.76. The molecular weight excluding hydrogens is 222 g/mol. The van der Waals surface area contributed by atoms with Gasteiger partial charge in [0.1, 0.15) is 4.32 Å². The minimum atomic E-state index is 0. The molecule has 0 aromatic rings. The summed E-state index contributed by atoms with van der Waals surface area (Å²) in [6, 6.07) is 0. The van der Waals surface area contributed by atoms with Crippen LogP contribution in [-0.2, 0) is 22.4 Å². The molecule has 0 saturated heterocycles. The van der Waals surface area contributed by atoms with Gasteiger partial charge in [-0.05, 0) is 0 Å². The molecule has 0 atom stereocenters. The minimum Gasteiger partial charge on any atom is -0.364 e. The molecule has 0 aromatic carbocycles. The standard InChI is InChI=1S/C3H7NS2.Ag/c1-4(2)3(5)6;/h1-2H3,(H,5,6);. The molecule has 0 aliphatic carbocycles. The van der Waals surface area contributed by atoms with Crippen LogP contribution in [-0.4, -0.2) is 23.3 Å². The van der Waals surface area contributed by atoms with E-state index in [1.54, 1.807) is 4.90 Å². The average Bonchev–Trinajstić information content (AvgIpc) is 1.36. The third kappa shape index (κ3) is 6.98. The van der Waals surface area contributed by atoms with Crippen LogP contribution in [0.25, 0.3) is 0 Å². The number of rotatable bonds is 0. The summed E-state index contributed by atoms with van der Waals surface area (Å²) in [5.74, 6) is 0. The van der Waals surface area contributed by atoms with Crippen LogP contribution in [0.3, 0.4) is 0 Å². The van der Waals surface area contributed by atoms with Crippen LogP contribution in [0, 0.1) is 0 Å². The van der Waals surface area contributed by atoms with Crippen molar-refractivity contribution in [1.82, 2.24) is 4.90 Å². The molecule has 1 nitrogen and oxygen atoms in total. The number of thiocarbonyl (C=S) groups is 1. The van der Waals surface area contributed by atoms with E-state index in [4.69, 9.17) is 0 Å². The molecule has 47 valence electrons. The molecule has 0 spiro atoms. The normalized spacial score (nSPS) is 6.71. The van der Waals surface area contributed by atoms with Gasteiger partial charge in [0.25, 0.3) is 0 Å². The van der Waals surface area contributed by atoms with Gasteiger partial charge in [-0.3, -0.25) is 0 Å². The van der Waals surface area contributed by atoms with Gasteiger partial charge in [0.05, 0.1) is 0 Å². The number of hydrogen-bond acceptors (Lipinski definition) is 1. The zero-order valence-corrected chi connectivity index (χ0v) is 7.30. The van der Waals surface area contributed by atoms with Crippen molar-refractivity contribution in [2.75, 3.05) is 14.1 Å². The predicted octanol–water partition coefficient (Wildman–Crippen LogP) is 0.760. The predicted molar refractivity (Wildman–Crippen MR) is 35.3 cm³/mol. The second kappa shape index (κ2) is 5.12. The van der Waals surface area contributed by atoms with E-state index >= 15 is 0 Å². The van der Waals surface area contributed by atoms with Crippen LogP contribution in [0.2, 0.25) is 0 Å². The summed E-state index contributed by atoms with van der Waals surface area (Å²) in [6.45, 7) is 0. The quantitative estimate of drug-likeness (QED) is 0.371. The Hall–Kier alpha value is 0.980. The van der Waals surface area contributed by atoms with Crippen molar-refractivity contribution in [3.05, 3.63) is 0 Å². The molecule has 7 heavy (non-hydrogen) atoms. The van der Waals surface area contributed by atoms with Crippen molar-refractivity contribution >= 4 is 29.2 Å². The minimum absolute atomic E-state index is 0. The van der Waals surface area contributed by atoms with Gasteiger partial charge in [-0.2, -0.15) is 0 Å². The van der Waals surface area contributed by atoms with Crippen molar-refractivity contribution in [3.63, 3.8) is 0 Å². The zero-order valence-electron chi connectivity index (χ0n) is 4.10. The topological polar surface area (TPSA) is 3.24 Å². The molecule has 0 bridgehead atoms. The van der Waals surface area contributed by atoms with E-state index in [1.165, 1.54) is 0 Å². The summed E-state index contributed by atoms with van der Waals surface area (Å²) in [7, 11) is 3.71. The smallest absolute Gasteiger partial charge is 0.132 e. The van der Waals surface area contributed by atoms with E-state index in [0.29, 0.717) is 4.32 Å². The Morgan fingerprint density at radius 2 is 1.71 bits per heavy atom. The number of thiol groups is 1. The molecule has 0 aliphatic heterocycles. The van der Waals surface area contributed by atoms with Gasteiger partial charge in [-0.1, -0.05) is 12.2 Å². The summed E-state index contributed by atoms with van der Waals surface area (Å²) >= 11 is 8.46. The molecule has 0 rings (SSSR count). The fraction of sp³-hybridized carbons (Fsp3) is 0.667. The Labute approximate surface area is 70.4 Å². The first kappa shape index (κ1) is 10.9. The maximum atomic E-state index is 4.61. The van der Waals surface area contributed by atoms with Crippen LogP contribution >= 0.6 is 24.8 Å². The zero-order chi connectivity index (χ0) is 5.15. The largest absolute Gasteiger partial charge is 0.364 e. The molecule has 0 amide bonds. The molecule has 0 aliphatic rings. The molecule has 0 saturated carbocycles. The van der Waals surface area contributed by atoms with Gasteiger partial charge in [0.2, 0.25) is 0 Å². The first-order valence-electron chi connectivity index (χ1n) is 1.55. The summed E-state index contributed by atoms with van der Waals surface area (Å²) < 4.78 is 0.620. The molecule has 0 heterocycles. The van der Waals surface area contributed by atoms with E-state index in [1.807, 2.05) is 14.1 Å². The fourth-order valence-corrected chi connectivity index (χ4v) is 0. The third-order valence-corrected chi connectivity index (χ3v) is 1.15. The summed E-state index contributed by atoms with van der Waals surface area (Å²) in [5.41, 5.74) is 0. The van der Waals surface area contributed by atoms with E-state index < -0.39 is 0 Å². The first-order valence-corrected chi connectivity index (χ1v) is 2.40. The van der Waals surface area contributed by atoms with Gasteiger partial charge in [-0.15, -0.1) is 12.6 Å². The van der Waals surface area contributed by atoms with Crippen LogP contribution < -0.4 is 0 Å². The Morgan fingerprint density at radius 1 is 1.57 bits per heavy atom. The van der Waals surface area contributed by atoms with Crippen LogP contribution in [0.1, 0.15) is 0 Å². The Balaban J connectivity index is 0. The molecule has 0 unspecified atom stereocenters. The molecule has 1 radical (unpaired) electrons. The van der Waals surface area contributed by atoms with E-state index in [2.05, 4.69) is 24.8 Å². The monoisotopic (exact) mass is 228 g/mol. The number of hydrogen-bond donors (Lipinski definition) is 1. The maximum absolute atomic E-state index is 4.61. The third-order valence-electron chi connectivity index (χ3n) is 0.383. The van der Waals surface area contributed by atoms with Gasteiger partial charge >= 0.3 is 0 Å². The maximum Gasteiger partial charge on any atom is 0.132 e. The van der Waals surface area contributed by atoms with Crippen molar-refractivity contribution in [2.45, 2.75) is 0 Å². The van der Waals surface area contributed by atoms with Crippen molar-refractivity contribution in [2.24, 2.45) is 0 Å². The van der Waals surface area contributed by atoms with E-state index in [-0.39, 0.29) is 22.4 Å². The van der Waals surface area contributed by atoms with Crippen LogP contribution in [0.4, 0.5) is 0 Å². The number of nitrogens with zero attached hydrogens (tertiary/aromatic N) is 1. The van der Waals surface area contributed by atoms with Crippen molar-refractivity contribution in [1.29, 1.82) is 0 Å². The Morgan fingerprint density at radius 3 is 1.71 bits per heavy atom. The molecule has 4 heteroatoms. The van der Waals surface area contributed by atoms with Gasteiger partial charge < -0.3 is 4.90 Å². The average molecular weight is 229 g/mol. The summed E-state index contributed by atoms with van der Waals surface area (Å²) in [5, 5.41) is 0. The van der Waals surface area contributed by atoms with Crippen LogP contribution in [0.15, 0.2) is 0 Å². The van der Waals surface area contributed by atoms with Gasteiger partial charge in [0.15, 0.2) is 0 Å². The van der Waals surface area contributed by atoms with E-state index in [0.717, 1.165) is 0 Å². The molecule has 0 fully saturated rings. The van der Waals surface area contributed by atoms with E-state index in [9.17, 15) is 0 Å². The Bertz CT molecular complexity index is 64.0. The Kier molecular flexibility index (Phi) is 7.96. The van der Waals surface area contributed by atoms with Crippen molar-refractivity contribution < 1.29 is 22.4 Å². The van der Waals surface area contributed by atoms with Gasteiger partial charge in [-0.25, -0.2) is 0 Å². The second-order valence-corrected chi connectivity index (χ2v) is 2.29. The molecular formula is C3H7AgNS2. The fourth-order valence-electron chi connectivity index (χ4n) is 0.